The summed E-state index contributed by atoms with van der Waals surface area (Å²) in [7, 11) is 0. The van der Waals surface area contributed by atoms with Gasteiger partial charge in [0.25, 0.3) is 5.91 Å². The summed E-state index contributed by atoms with van der Waals surface area (Å²) in [5.41, 5.74) is 5.26. The van der Waals surface area contributed by atoms with E-state index in [1.54, 1.807) is 4.90 Å². The molecule has 0 radical (unpaired) electrons. The van der Waals surface area contributed by atoms with Gasteiger partial charge in [0.15, 0.2) is 5.78 Å². The smallest absolute Gasteiger partial charge is 0.408 e. The zero-order chi connectivity index (χ0) is 29.5. The van der Waals surface area contributed by atoms with Crippen LogP contribution in [0, 0.1) is 40.9 Å². The van der Waals surface area contributed by atoms with E-state index in [-0.39, 0.29) is 47.4 Å². The quantitative estimate of drug-likeness (QED) is 0.358. The highest BCUT2D eigenvalue weighted by molar-refractivity contribution is 6.36. The molecule has 228 valence electrons. The largest absolute Gasteiger partial charge is 0.446 e. The standard InChI is InChI=1S/C32H49N3O6/c1-18-9-7-8-12-24(18)41-31(40)34-26(20-10-5-4-6-11-20)30(39)35-17-22-25(32(22,2)3)27(35)23(36)16-21(15-19-13-14-19)28(37)29(33)38/h18-22,24-27H,4-17H2,1-3H3,(H2,33,38)(H,34,40)/t18?,21?,22-,24?,25-,26-,27+/m0/s1. The summed E-state index contributed by atoms with van der Waals surface area (Å²) in [6, 6.07) is -1.40. The normalized spacial score (nSPS) is 32.4. The fraction of sp³-hybridized carbons (Fsp3) is 0.844. The van der Waals surface area contributed by atoms with Crippen LogP contribution in [0.1, 0.15) is 104 Å². The molecule has 4 saturated carbocycles. The number of amides is 3. The van der Waals surface area contributed by atoms with Gasteiger partial charge >= 0.3 is 6.09 Å². The van der Waals surface area contributed by atoms with E-state index in [1.165, 1.54) is 0 Å². The Morgan fingerprint density at radius 3 is 2.24 bits per heavy atom. The third-order valence-electron chi connectivity index (χ3n) is 11.1. The summed E-state index contributed by atoms with van der Waals surface area (Å²) in [5, 5.41) is 2.97. The topological polar surface area (TPSA) is 136 Å². The molecule has 0 bridgehead atoms. The van der Waals surface area contributed by atoms with Gasteiger partial charge in [-0.2, -0.15) is 0 Å². The van der Waals surface area contributed by atoms with Crippen LogP contribution in [0.5, 0.6) is 0 Å². The van der Waals surface area contributed by atoms with Crippen LogP contribution in [-0.4, -0.2) is 59.1 Å². The Balaban J connectivity index is 1.33. The number of hydrogen-bond donors (Lipinski definition) is 2. The van der Waals surface area contributed by atoms with Gasteiger partial charge in [-0.1, -0.05) is 59.3 Å². The third-order valence-corrected chi connectivity index (χ3v) is 11.1. The van der Waals surface area contributed by atoms with Crippen molar-refractivity contribution in [2.75, 3.05) is 6.54 Å². The molecule has 9 nitrogen and oxygen atoms in total. The molecule has 0 aromatic carbocycles. The molecule has 3 amide bonds. The highest BCUT2D eigenvalue weighted by Crippen LogP contribution is 2.65. The molecular formula is C32H49N3O6. The molecular weight excluding hydrogens is 522 g/mol. The summed E-state index contributed by atoms with van der Waals surface area (Å²) in [6.07, 6.45) is 10.6. The van der Waals surface area contributed by atoms with E-state index in [0.29, 0.717) is 24.8 Å². The Morgan fingerprint density at radius 1 is 0.951 bits per heavy atom. The van der Waals surface area contributed by atoms with E-state index in [1.807, 2.05) is 0 Å². The number of ether oxygens (including phenoxy) is 1. The first kappa shape index (κ1) is 30.0. The second-order valence-electron chi connectivity index (χ2n) is 14.4. The van der Waals surface area contributed by atoms with Gasteiger partial charge in [-0.25, -0.2) is 4.79 Å². The van der Waals surface area contributed by atoms with Crippen LogP contribution >= 0.6 is 0 Å². The first-order valence-electron chi connectivity index (χ1n) is 16.1. The van der Waals surface area contributed by atoms with E-state index in [0.717, 1.165) is 70.6 Å². The average Bonchev–Trinajstić information content (AvgIpc) is 3.79. The summed E-state index contributed by atoms with van der Waals surface area (Å²) >= 11 is 0. The van der Waals surface area contributed by atoms with Crippen LogP contribution in [0.4, 0.5) is 4.79 Å². The zero-order valence-corrected chi connectivity index (χ0v) is 25.1. The van der Waals surface area contributed by atoms with Crippen LogP contribution in [-0.2, 0) is 23.9 Å². The molecule has 5 fully saturated rings. The molecule has 41 heavy (non-hydrogen) atoms. The van der Waals surface area contributed by atoms with Gasteiger partial charge in [-0.3, -0.25) is 19.2 Å². The molecule has 0 spiro atoms. The second-order valence-corrected chi connectivity index (χ2v) is 14.4. The highest BCUT2D eigenvalue weighted by atomic mass is 16.6. The molecule has 7 atom stereocenters. The van der Waals surface area contributed by atoms with Crippen LogP contribution in [0.25, 0.3) is 0 Å². The summed E-state index contributed by atoms with van der Waals surface area (Å²) in [4.78, 5) is 67.5. The number of rotatable bonds is 11. The number of nitrogens with one attached hydrogen (secondary N) is 1. The Morgan fingerprint density at radius 2 is 1.61 bits per heavy atom. The number of hydrogen-bond acceptors (Lipinski definition) is 6. The zero-order valence-electron chi connectivity index (χ0n) is 25.1. The first-order valence-corrected chi connectivity index (χ1v) is 16.1. The number of alkyl carbamates (subject to hydrolysis) is 1. The van der Waals surface area contributed by atoms with Gasteiger partial charge in [0, 0.05) is 18.9 Å². The Bertz CT molecular complexity index is 1050. The van der Waals surface area contributed by atoms with Crippen molar-refractivity contribution >= 4 is 29.5 Å². The van der Waals surface area contributed by atoms with Crippen LogP contribution in [0.15, 0.2) is 0 Å². The summed E-state index contributed by atoms with van der Waals surface area (Å²) in [6.45, 7) is 6.82. The molecule has 1 heterocycles. The van der Waals surface area contributed by atoms with Crippen LogP contribution in [0.3, 0.4) is 0 Å². The minimum absolute atomic E-state index is 0.00579. The Kier molecular flexibility index (Phi) is 8.82. The van der Waals surface area contributed by atoms with Gasteiger partial charge < -0.3 is 20.7 Å². The molecule has 1 aliphatic heterocycles. The van der Waals surface area contributed by atoms with E-state index >= 15 is 0 Å². The maximum absolute atomic E-state index is 14.3. The fourth-order valence-corrected chi connectivity index (χ4v) is 8.27. The number of carbonyl (C=O) groups excluding carboxylic acids is 5. The van der Waals surface area contributed by atoms with Crippen molar-refractivity contribution in [1.82, 2.24) is 10.2 Å². The predicted octanol–water partition coefficient (Wildman–Crippen LogP) is 4.15. The summed E-state index contributed by atoms with van der Waals surface area (Å²) < 4.78 is 5.85. The van der Waals surface area contributed by atoms with Gasteiger partial charge in [0.2, 0.25) is 11.7 Å². The fourth-order valence-electron chi connectivity index (χ4n) is 8.27. The van der Waals surface area contributed by atoms with Gasteiger partial charge in [0.1, 0.15) is 12.1 Å². The lowest BCUT2D eigenvalue weighted by molar-refractivity contribution is -0.144. The highest BCUT2D eigenvalue weighted by Gasteiger charge is 2.69. The molecule has 9 heteroatoms. The number of nitrogens with zero attached hydrogens (tertiary/aromatic N) is 1. The van der Waals surface area contributed by atoms with Crippen LogP contribution in [0.2, 0.25) is 0 Å². The Hall–Kier alpha value is -2.45. The number of fused-ring (bicyclic) bond motifs is 1. The molecule has 5 rings (SSSR count). The monoisotopic (exact) mass is 571 g/mol. The average molecular weight is 572 g/mol. The number of Topliss-reactive ketones (excluding diaryl/α,β-unsaturated/α-hetero) is 2. The number of carbonyl (C=O) groups is 5. The molecule has 0 aromatic rings. The number of piperidine rings is 1. The van der Waals surface area contributed by atoms with Crippen molar-refractivity contribution in [2.24, 2.45) is 46.7 Å². The minimum Gasteiger partial charge on any atom is -0.446 e. The van der Waals surface area contributed by atoms with Crippen molar-refractivity contribution in [3.05, 3.63) is 0 Å². The van der Waals surface area contributed by atoms with E-state index in [4.69, 9.17) is 10.5 Å². The van der Waals surface area contributed by atoms with E-state index < -0.39 is 35.8 Å². The molecule has 1 saturated heterocycles. The van der Waals surface area contributed by atoms with Crippen LogP contribution < -0.4 is 11.1 Å². The maximum Gasteiger partial charge on any atom is 0.408 e. The maximum atomic E-state index is 14.3. The molecule has 4 aliphatic carbocycles. The predicted molar refractivity (Wildman–Crippen MR) is 152 cm³/mol. The van der Waals surface area contributed by atoms with Gasteiger partial charge in [-0.15, -0.1) is 0 Å². The number of ketones is 2. The number of likely N-dealkylation sites (tertiary alicyclic amines) is 1. The lowest BCUT2D eigenvalue weighted by Crippen LogP contribution is -2.57. The minimum atomic E-state index is -1.00. The van der Waals surface area contributed by atoms with E-state index in [2.05, 4.69) is 26.1 Å². The van der Waals surface area contributed by atoms with Gasteiger partial charge in [-0.05, 0) is 73.5 Å². The second kappa shape index (κ2) is 12.0. The summed E-state index contributed by atoms with van der Waals surface area (Å²) in [5.74, 6) is -1.97. The Labute approximate surface area is 244 Å². The van der Waals surface area contributed by atoms with Gasteiger partial charge in [0.05, 0.1) is 6.04 Å². The van der Waals surface area contributed by atoms with Crippen molar-refractivity contribution < 1.29 is 28.7 Å². The molecule has 3 N–H and O–H groups in total. The number of primary amides is 1. The SMILES string of the molecule is CC1CCCCC1OC(=O)N[C@H](C(=O)N1C[C@H]2[C@@H]([C@H]1C(=O)CC(CC1CC1)C(=O)C(N)=O)C2(C)C)C1CCCCC1. The lowest BCUT2D eigenvalue weighted by Gasteiger charge is -2.37. The first-order chi connectivity index (χ1) is 19.5. The van der Waals surface area contributed by atoms with E-state index in [9.17, 15) is 24.0 Å². The van der Waals surface area contributed by atoms with Crippen molar-refractivity contribution in [3.8, 4) is 0 Å². The molecule has 0 aromatic heterocycles. The lowest BCUT2D eigenvalue weighted by atomic mass is 9.82. The van der Waals surface area contributed by atoms with Crippen molar-refractivity contribution in [2.45, 2.75) is 122 Å². The van der Waals surface area contributed by atoms with Crippen molar-refractivity contribution in [3.63, 3.8) is 0 Å². The third kappa shape index (κ3) is 6.48. The molecule has 5 aliphatic rings. The van der Waals surface area contributed by atoms with Crippen molar-refractivity contribution in [1.29, 1.82) is 0 Å². The molecule has 3 unspecified atom stereocenters. The number of nitrogens with two attached hydrogens (primary N) is 1.